The summed E-state index contributed by atoms with van der Waals surface area (Å²) < 4.78 is 25.9. The number of carboxylic acid groups (broad SMARTS) is 1. The first-order valence-electron chi connectivity index (χ1n) is 5.32. The zero-order chi connectivity index (χ0) is 13.5. The predicted octanol–water partition coefficient (Wildman–Crippen LogP) is 1.34. The van der Waals surface area contributed by atoms with Gasteiger partial charge in [0, 0.05) is 19.2 Å². The largest absolute Gasteiger partial charge is 0.481 e. The number of aromatic nitrogens is 1. The number of amides is 1. The molecule has 0 aliphatic heterocycles. The second-order valence-electron chi connectivity index (χ2n) is 3.57. The van der Waals surface area contributed by atoms with Gasteiger partial charge in [-0.15, -0.1) is 0 Å². The van der Waals surface area contributed by atoms with Crippen molar-refractivity contribution in [2.75, 3.05) is 6.54 Å². The fourth-order valence-corrected chi connectivity index (χ4v) is 1.29. The molecule has 98 valence electrons. The Kier molecular flexibility index (Phi) is 5.16. The number of hydrogen-bond acceptors (Lipinski definition) is 3. The molecule has 2 N–H and O–H groups in total. The van der Waals surface area contributed by atoms with Gasteiger partial charge in [0.05, 0.1) is 5.56 Å². The first kappa shape index (κ1) is 14.0. The highest BCUT2D eigenvalue weighted by Gasteiger charge is 2.15. The third-order valence-corrected chi connectivity index (χ3v) is 2.19. The predicted molar refractivity (Wildman–Crippen MR) is 58.0 cm³/mol. The normalized spacial score (nSPS) is 10.1. The van der Waals surface area contributed by atoms with Crippen LogP contribution >= 0.6 is 0 Å². The van der Waals surface area contributed by atoms with Crippen LogP contribution in [0.4, 0.5) is 8.78 Å². The van der Waals surface area contributed by atoms with Gasteiger partial charge in [0.25, 0.3) is 5.91 Å². The average molecular weight is 258 g/mol. The van der Waals surface area contributed by atoms with E-state index in [0.29, 0.717) is 12.8 Å². The smallest absolute Gasteiger partial charge is 0.303 e. The van der Waals surface area contributed by atoms with Crippen molar-refractivity contribution < 1.29 is 23.5 Å². The van der Waals surface area contributed by atoms with Crippen molar-refractivity contribution in [1.82, 2.24) is 10.3 Å². The minimum absolute atomic E-state index is 0.00805. The van der Waals surface area contributed by atoms with Gasteiger partial charge in [0.1, 0.15) is 0 Å². The lowest BCUT2D eigenvalue weighted by atomic mass is 10.2. The number of aliphatic carboxylic acids is 1. The Hall–Kier alpha value is -2.05. The fourth-order valence-electron chi connectivity index (χ4n) is 1.29. The molecule has 1 aromatic heterocycles. The van der Waals surface area contributed by atoms with Crippen LogP contribution in [0, 0.1) is 11.8 Å². The van der Waals surface area contributed by atoms with E-state index in [4.69, 9.17) is 5.11 Å². The summed E-state index contributed by atoms with van der Waals surface area (Å²) >= 11 is 0. The molecular formula is C11H12F2N2O3. The summed E-state index contributed by atoms with van der Waals surface area (Å²) in [6.07, 6.45) is 1.86. The molecule has 0 fully saturated rings. The van der Waals surface area contributed by atoms with Gasteiger partial charge in [-0.3, -0.25) is 9.59 Å². The van der Waals surface area contributed by atoms with Crippen LogP contribution in [0.2, 0.25) is 0 Å². The van der Waals surface area contributed by atoms with Gasteiger partial charge >= 0.3 is 5.97 Å². The van der Waals surface area contributed by atoms with Crippen molar-refractivity contribution in [3.8, 4) is 0 Å². The zero-order valence-electron chi connectivity index (χ0n) is 9.45. The number of halogens is 2. The van der Waals surface area contributed by atoms with Crippen LogP contribution in [-0.2, 0) is 4.79 Å². The lowest BCUT2D eigenvalue weighted by Crippen LogP contribution is -2.26. The summed E-state index contributed by atoms with van der Waals surface area (Å²) in [5.41, 5.74) is -0.416. The van der Waals surface area contributed by atoms with Crippen LogP contribution in [0.5, 0.6) is 0 Å². The highest BCUT2D eigenvalue weighted by Crippen LogP contribution is 2.08. The van der Waals surface area contributed by atoms with E-state index in [0.717, 1.165) is 12.3 Å². The zero-order valence-corrected chi connectivity index (χ0v) is 9.45. The van der Waals surface area contributed by atoms with Crippen molar-refractivity contribution in [2.45, 2.75) is 19.3 Å². The highest BCUT2D eigenvalue weighted by molar-refractivity contribution is 5.94. The Balaban J connectivity index is 2.41. The van der Waals surface area contributed by atoms with Crippen molar-refractivity contribution in [3.05, 3.63) is 29.6 Å². The molecule has 5 nitrogen and oxygen atoms in total. The van der Waals surface area contributed by atoms with Crippen LogP contribution in [0.1, 0.15) is 29.6 Å². The Morgan fingerprint density at radius 3 is 2.72 bits per heavy atom. The van der Waals surface area contributed by atoms with Gasteiger partial charge in [0.15, 0.2) is 5.82 Å². The maximum atomic E-state index is 13.2. The lowest BCUT2D eigenvalue weighted by molar-refractivity contribution is -0.137. The second kappa shape index (κ2) is 6.63. The summed E-state index contributed by atoms with van der Waals surface area (Å²) in [4.78, 5) is 24.7. The standard InChI is InChI=1S/C11H12F2N2O3/c12-9-7(4-6-14-10(9)13)11(18)15-5-2-1-3-8(16)17/h4,6H,1-3,5H2,(H,15,18)(H,16,17). The molecule has 1 aromatic rings. The van der Waals surface area contributed by atoms with E-state index in [2.05, 4.69) is 10.3 Å². The van der Waals surface area contributed by atoms with Crippen LogP contribution < -0.4 is 5.32 Å². The number of carbonyl (C=O) groups excluding carboxylic acids is 1. The molecule has 0 aliphatic carbocycles. The number of rotatable bonds is 6. The van der Waals surface area contributed by atoms with Crippen LogP contribution in [-0.4, -0.2) is 28.5 Å². The molecule has 1 heterocycles. The number of nitrogens with zero attached hydrogens (tertiary/aromatic N) is 1. The number of carboxylic acids is 1. The number of pyridine rings is 1. The molecular weight excluding hydrogens is 246 g/mol. The van der Waals surface area contributed by atoms with E-state index in [1.54, 1.807) is 0 Å². The van der Waals surface area contributed by atoms with Gasteiger partial charge in [-0.25, -0.2) is 9.37 Å². The van der Waals surface area contributed by atoms with Crippen molar-refractivity contribution in [1.29, 1.82) is 0 Å². The number of hydrogen-bond donors (Lipinski definition) is 2. The van der Waals surface area contributed by atoms with E-state index < -0.39 is 29.2 Å². The Morgan fingerprint density at radius 2 is 2.06 bits per heavy atom. The van der Waals surface area contributed by atoms with Crippen molar-refractivity contribution >= 4 is 11.9 Å². The number of nitrogens with one attached hydrogen (secondary N) is 1. The first-order chi connectivity index (χ1) is 8.52. The molecule has 0 bridgehead atoms. The van der Waals surface area contributed by atoms with E-state index in [1.807, 2.05) is 0 Å². The Bertz CT molecular complexity index is 452. The summed E-state index contributed by atoms with van der Waals surface area (Å²) in [6, 6.07) is 1.07. The Labute approximate surface area is 102 Å². The lowest BCUT2D eigenvalue weighted by Gasteiger charge is -2.05. The average Bonchev–Trinajstić information content (AvgIpc) is 2.31. The summed E-state index contributed by atoms with van der Waals surface area (Å²) in [5, 5.41) is 10.8. The van der Waals surface area contributed by atoms with Gasteiger partial charge < -0.3 is 10.4 Å². The van der Waals surface area contributed by atoms with Gasteiger partial charge in [-0.05, 0) is 18.9 Å². The maximum Gasteiger partial charge on any atom is 0.303 e. The minimum atomic E-state index is -1.33. The molecule has 7 heteroatoms. The number of unbranched alkanes of at least 4 members (excludes halogenated alkanes) is 1. The van der Waals surface area contributed by atoms with Crippen LogP contribution in [0.25, 0.3) is 0 Å². The molecule has 0 saturated carbocycles. The van der Waals surface area contributed by atoms with E-state index in [1.165, 1.54) is 0 Å². The molecule has 1 amide bonds. The third-order valence-electron chi connectivity index (χ3n) is 2.19. The SMILES string of the molecule is O=C(O)CCCCNC(=O)c1ccnc(F)c1F. The van der Waals surface area contributed by atoms with Crippen molar-refractivity contribution in [2.24, 2.45) is 0 Å². The van der Waals surface area contributed by atoms with Gasteiger partial charge in [-0.2, -0.15) is 4.39 Å². The molecule has 0 unspecified atom stereocenters. The molecule has 0 aromatic carbocycles. The molecule has 0 spiro atoms. The summed E-state index contributed by atoms with van der Waals surface area (Å²) in [7, 11) is 0. The first-order valence-corrected chi connectivity index (χ1v) is 5.32. The van der Waals surface area contributed by atoms with E-state index >= 15 is 0 Å². The van der Waals surface area contributed by atoms with E-state index in [9.17, 15) is 18.4 Å². The summed E-state index contributed by atoms with van der Waals surface area (Å²) in [6.45, 7) is 0.204. The van der Waals surface area contributed by atoms with Crippen molar-refractivity contribution in [3.63, 3.8) is 0 Å². The third kappa shape index (κ3) is 4.08. The minimum Gasteiger partial charge on any atom is -0.481 e. The van der Waals surface area contributed by atoms with Gasteiger partial charge in [-0.1, -0.05) is 0 Å². The van der Waals surface area contributed by atoms with Gasteiger partial charge in [0.2, 0.25) is 5.95 Å². The quantitative estimate of drug-likeness (QED) is 0.596. The van der Waals surface area contributed by atoms with Crippen LogP contribution in [0.3, 0.4) is 0 Å². The summed E-state index contributed by atoms with van der Waals surface area (Å²) in [5.74, 6) is -4.28. The fraction of sp³-hybridized carbons (Fsp3) is 0.364. The monoisotopic (exact) mass is 258 g/mol. The molecule has 1 rings (SSSR count). The number of carbonyl (C=O) groups is 2. The molecule has 0 radical (unpaired) electrons. The molecule has 0 aliphatic rings. The Morgan fingerprint density at radius 1 is 1.33 bits per heavy atom. The highest BCUT2D eigenvalue weighted by atomic mass is 19.2. The molecule has 0 atom stereocenters. The molecule has 0 saturated heterocycles. The second-order valence-corrected chi connectivity index (χ2v) is 3.57. The van der Waals surface area contributed by atoms with Crippen LogP contribution in [0.15, 0.2) is 12.3 Å². The van der Waals surface area contributed by atoms with E-state index in [-0.39, 0.29) is 13.0 Å². The molecule has 18 heavy (non-hydrogen) atoms. The topological polar surface area (TPSA) is 79.3 Å². The maximum absolute atomic E-state index is 13.2.